The molecule has 336 valence electrons. The largest absolute Gasteiger partial charge is 0.480 e. The molecular weight excluding hydrogens is 733 g/mol. The Kier molecular flexibility index (Phi) is 43.0. The van der Waals surface area contributed by atoms with Gasteiger partial charge in [-0.25, -0.2) is 4.79 Å². The number of carbonyl (C=O) groups excluding carboxylic acids is 2. The molecule has 0 saturated carbocycles. The molecule has 0 aliphatic carbocycles. The van der Waals surface area contributed by atoms with Gasteiger partial charge in [-0.15, -0.1) is 0 Å². The minimum absolute atomic E-state index is 0.0883. The van der Waals surface area contributed by atoms with Gasteiger partial charge in [0, 0.05) is 12.8 Å². The Morgan fingerprint density at radius 2 is 0.983 bits per heavy atom. The molecule has 59 heavy (non-hydrogen) atoms. The number of carbonyl (C=O) groups is 3. The van der Waals surface area contributed by atoms with Gasteiger partial charge in [0.15, 0.2) is 0 Å². The van der Waals surface area contributed by atoms with E-state index in [-0.39, 0.29) is 18.0 Å². The summed E-state index contributed by atoms with van der Waals surface area (Å²) in [5.41, 5.74) is 5.48. The van der Waals surface area contributed by atoms with E-state index >= 15 is 0 Å². The Hall–Kier alpha value is -3.45. The van der Waals surface area contributed by atoms with Crippen molar-refractivity contribution in [3.8, 4) is 0 Å². The molecule has 0 spiro atoms. The van der Waals surface area contributed by atoms with Crippen LogP contribution >= 0.6 is 0 Å². The van der Waals surface area contributed by atoms with E-state index in [1.165, 1.54) is 57.8 Å². The normalized spacial score (nSPS) is 13.4. The molecule has 0 rings (SSSR count). The van der Waals surface area contributed by atoms with Crippen molar-refractivity contribution in [1.82, 2.24) is 5.32 Å². The number of carboxylic acids is 1. The molecule has 0 aromatic carbocycles. The summed E-state index contributed by atoms with van der Waals surface area (Å²) in [4.78, 5) is 36.3. The summed E-state index contributed by atoms with van der Waals surface area (Å²) in [5, 5.41) is 11.9. The van der Waals surface area contributed by atoms with Gasteiger partial charge in [0.2, 0.25) is 5.91 Å². The van der Waals surface area contributed by atoms with Crippen molar-refractivity contribution >= 4 is 17.8 Å². The van der Waals surface area contributed by atoms with Gasteiger partial charge in [0.05, 0.1) is 0 Å². The number of amides is 1. The van der Waals surface area contributed by atoms with Crippen LogP contribution in [0.25, 0.3) is 0 Å². The molecule has 0 fully saturated rings. The number of rotatable bonds is 42. The highest BCUT2D eigenvalue weighted by molar-refractivity contribution is 5.83. The van der Waals surface area contributed by atoms with E-state index in [2.05, 4.69) is 104 Å². The zero-order chi connectivity index (χ0) is 43.1. The summed E-state index contributed by atoms with van der Waals surface area (Å²) in [6.45, 7) is 4.80. The predicted octanol–water partition coefficient (Wildman–Crippen LogP) is 14.1. The van der Waals surface area contributed by atoms with Crippen molar-refractivity contribution < 1.29 is 24.2 Å². The van der Waals surface area contributed by atoms with Crippen LogP contribution in [0.3, 0.4) is 0 Å². The van der Waals surface area contributed by atoms with Crippen molar-refractivity contribution in [3.05, 3.63) is 85.1 Å². The molecule has 0 bridgehead atoms. The third-order valence-electron chi connectivity index (χ3n) is 10.2. The van der Waals surface area contributed by atoms with E-state index in [0.717, 1.165) is 109 Å². The molecular formula is C52H88N2O5. The van der Waals surface area contributed by atoms with Crippen molar-refractivity contribution in [2.75, 3.05) is 6.54 Å². The second-order valence-electron chi connectivity index (χ2n) is 15.8. The van der Waals surface area contributed by atoms with Crippen molar-refractivity contribution in [2.45, 2.75) is 219 Å². The fourth-order valence-corrected chi connectivity index (χ4v) is 6.60. The van der Waals surface area contributed by atoms with Gasteiger partial charge >= 0.3 is 11.9 Å². The lowest BCUT2D eigenvalue weighted by Gasteiger charge is -2.15. The van der Waals surface area contributed by atoms with E-state index in [1.54, 1.807) is 0 Å². The first-order chi connectivity index (χ1) is 28.9. The van der Waals surface area contributed by atoms with Crippen LogP contribution in [-0.4, -0.2) is 41.6 Å². The fourth-order valence-electron chi connectivity index (χ4n) is 6.60. The lowest BCUT2D eigenvalue weighted by molar-refractivity contribution is -0.147. The summed E-state index contributed by atoms with van der Waals surface area (Å²) < 4.78 is 5.96. The number of esters is 1. The van der Waals surface area contributed by atoms with E-state index < -0.39 is 12.0 Å². The first kappa shape index (κ1) is 55.5. The molecule has 0 aliphatic rings. The van der Waals surface area contributed by atoms with Crippen molar-refractivity contribution in [1.29, 1.82) is 0 Å². The Bertz CT molecular complexity index is 1200. The smallest absolute Gasteiger partial charge is 0.326 e. The van der Waals surface area contributed by atoms with Gasteiger partial charge in [-0.1, -0.05) is 170 Å². The number of unbranched alkanes of at least 4 members (excludes halogenated alkanes) is 16. The van der Waals surface area contributed by atoms with Gasteiger partial charge < -0.3 is 20.9 Å². The van der Waals surface area contributed by atoms with Crippen molar-refractivity contribution in [2.24, 2.45) is 5.73 Å². The minimum atomic E-state index is -1.01. The fraction of sp³-hybridized carbons (Fsp3) is 0.673. The van der Waals surface area contributed by atoms with E-state index in [1.807, 2.05) is 0 Å². The molecule has 7 heteroatoms. The van der Waals surface area contributed by atoms with Crippen LogP contribution < -0.4 is 11.1 Å². The second-order valence-corrected chi connectivity index (χ2v) is 15.8. The second kappa shape index (κ2) is 45.6. The Balaban J connectivity index is 4.25. The summed E-state index contributed by atoms with van der Waals surface area (Å²) in [5.74, 6) is -1.30. The summed E-state index contributed by atoms with van der Waals surface area (Å²) >= 11 is 0. The molecule has 0 aliphatic heterocycles. The van der Waals surface area contributed by atoms with E-state index in [0.29, 0.717) is 32.2 Å². The number of nitrogens with two attached hydrogens (primary N) is 1. The highest BCUT2D eigenvalue weighted by atomic mass is 16.5. The molecule has 1 amide bonds. The third-order valence-corrected chi connectivity index (χ3v) is 10.2. The monoisotopic (exact) mass is 821 g/mol. The number of hydrogen-bond donors (Lipinski definition) is 3. The van der Waals surface area contributed by atoms with Crippen LogP contribution in [0, 0.1) is 0 Å². The van der Waals surface area contributed by atoms with Crippen molar-refractivity contribution in [3.63, 3.8) is 0 Å². The molecule has 2 atom stereocenters. The molecule has 0 heterocycles. The standard InChI is InChI=1S/C52H88N2O5/c1-3-5-7-9-11-13-14-15-16-17-18-19-20-21-22-23-24-25-26-28-30-36-40-46-51(56)59-48(42-37-33-29-27-12-10-8-6-4-2)43-38-34-31-32-35-39-45-50(55)54-49(52(57)58)44-41-47-53/h5,7,11,13,15-16,18-19,21-22,27,29,37,42,48-49H,3-4,6,8-10,12,14,17,20,23-26,28,30-36,38-41,43-47,53H2,1-2H3,(H,54,55)(H,57,58)/b7-5-,13-11-,16-15-,19-18-,22-21-,29-27-,42-37-. The number of hydrogen-bond acceptors (Lipinski definition) is 5. The quantitative estimate of drug-likeness (QED) is 0.0321. The zero-order valence-corrected chi connectivity index (χ0v) is 37.8. The highest BCUT2D eigenvalue weighted by Gasteiger charge is 2.18. The maximum Gasteiger partial charge on any atom is 0.326 e. The molecule has 2 unspecified atom stereocenters. The summed E-state index contributed by atoms with van der Waals surface area (Å²) in [7, 11) is 0. The Morgan fingerprint density at radius 1 is 0.525 bits per heavy atom. The molecule has 7 nitrogen and oxygen atoms in total. The maximum absolute atomic E-state index is 12.8. The van der Waals surface area contributed by atoms with Gasteiger partial charge in [0.25, 0.3) is 0 Å². The number of carboxylic acid groups (broad SMARTS) is 1. The van der Waals surface area contributed by atoms with Gasteiger partial charge in [-0.05, 0) is 115 Å². The van der Waals surface area contributed by atoms with Gasteiger partial charge in [0.1, 0.15) is 12.1 Å². The Morgan fingerprint density at radius 3 is 1.51 bits per heavy atom. The van der Waals surface area contributed by atoms with Crippen LogP contribution in [0.1, 0.15) is 206 Å². The molecule has 0 aromatic rings. The van der Waals surface area contributed by atoms with E-state index in [9.17, 15) is 19.5 Å². The first-order valence-corrected chi connectivity index (χ1v) is 23.9. The predicted molar refractivity (Wildman–Crippen MR) is 252 cm³/mol. The summed E-state index contributed by atoms with van der Waals surface area (Å²) in [6, 6.07) is -0.860. The molecule has 4 N–H and O–H groups in total. The van der Waals surface area contributed by atoms with Crippen LogP contribution in [0.4, 0.5) is 0 Å². The average molecular weight is 821 g/mol. The Labute approximate surface area is 362 Å². The number of ether oxygens (including phenoxy) is 1. The molecule has 0 saturated heterocycles. The van der Waals surface area contributed by atoms with Gasteiger partial charge in [-0.2, -0.15) is 0 Å². The SMILES string of the molecule is CC/C=C\C/C=C\C/C=C\C/C=C\C/C=C\CCCCCCCCCC(=O)OC(/C=C\C/C=C\CCCCCC)CCCCCCCCC(=O)NC(CCCN)C(=O)O. The zero-order valence-electron chi connectivity index (χ0n) is 37.8. The third kappa shape index (κ3) is 42.5. The summed E-state index contributed by atoms with van der Waals surface area (Å²) in [6.07, 6.45) is 60.8. The lowest BCUT2D eigenvalue weighted by Crippen LogP contribution is -2.40. The average Bonchev–Trinajstić information content (AvgIpc) is 3.22. The van der Waals surface area contributed by atoms with Gasteiger partial charge in [-0.3, -0.25) is 9.59 Å². The van der Waals surface area contributed by atoms with Crippen LogP contribution in [0.2, 0.25) is 0 Å². The molecule has 0 aromatic heterocycles. The molecule has 0 radical (unpaired) electrons. The first-order valence-electron chi connectivity index (χ1n) is 23.9. The number of nitrogens with one attached hydrogen (secondary N) is 1. The number of allylic oxidation sites excluding steroid dienone is 13. The van der Waals surface area contributed by atoms with E-state index in [4.69, 9.17) is 10.5 Å². The van der Waals surface area contributed by atoms with Crippen LogP contribution in [-0.2, 0) is 19.1 Å². The lowest BCUT2D eigenvalue weighted by atomic mass is 10.0. The minimum Gasteiger partial charge on any atom is -0.480 e. The van der Waals surface area contributed by atoms with Crippen LogP contribution in [0.15, 0.2) is 85.1 Å². The maximum atomic E-state index is 12.8. The number of aliphatic carboxylic acids is 1. The topological polar surface area (TPSA) is 119 Å². The highest BCUT2D eigenvalue weighted by Crippen LogP contribution is 2.16. The van der Waals surface area contributed by atoms with Crippen LogP contribution in [0.5, 0.6) is 0 Å².